The van der Waals surface area contributed by atoms with Gasteiger partial charge in [0.2, 0.25) is 0 Å². The topological polar surface area (TPSA) is 96.5 Å². The summed E-state index contributed by atoms with van der Waals surface area (Å²) < 4.78 is 58.9. The number of halogens is 4. The number of carbonyl (C=O) groups is 2. The molecule has 8 nitrogen and oxygen atoms in total. The third kappa shape index (κ3) is 5.96. The lowest BCUT2D eigenvalue weighted by Gasteiger charge is -2.27. The Hall–Kier alpha value is -4.58. The first-order chi connectivity index (χ1) is 18.7. The second kappa shape index (κ2) is 10.7. The highest BCUT2D eigenvalue weighted by Gasteiger charge is 2.30. The molecule has 0 bridgehead atoms. The maximum Gasteiger partial charge on any atom is 0.416 e. The van der Waals surface area contributed by atoms with Crippen LogP contribution in [0.3, 0.4) is 0 Å². The number of aromatic nitrogens is 2. The summed E-state index contributed by atoms with van der Waals surface area (Å²) in [6.45, 7) is 2.50. The predicted octanol–water partition coefficient (Wildman–Crippen LogP) is 5.50. The van der Waals surface area contributed by atoms with Gasteiger partial charge in [-0.3, -0.25) is 9.78 Å². The number of urea groups is 1. The molecular weight excluding hydrogens is 518 g/mol. The molecule has 39 heavy (non-hydrogen) atoms. The van der Waals surface area contributed by atoms with E-state index >= 15 is 0 Å². The smallest absolute Gasteiger partial charge is 0.378 e. The average Bonchev–Trinajstić information content (AvgIpc) is 2.92. The van der Waals surface area contributed by atoms with Crippen LogP contribution in [0.4, 0.5) is 39.5 Å². The summed E-state index contributed by atoms with van der Waals surface area (Å²) in [5.41, 5.74) is 0.0310. The molecule has 1 saturated heterocycles. The summed E-state index contributed by atoms with van der Waals surface area (Å²) >= 11 is 0. The maximum atomic E-state index is 14.9. The molecule has 0 unspecified atom stereocenters. The summed E-state index contributed by atoms with van der Waals surface area (Å²) in [6, 6.07) is 11.4. The number of benzene rings is 3. The van der Waals surface area contributed by atoms with Crippen molar-refractivity contribution in [3.8, 4) is 0 Å². The largest absolute Gasteiger partial charge is 0.416 e. The Bertz CT molecular complexity index is 1550. The molecule has 0 atom stereocenters. The van der Waals surface area contributed by atoms with Gasteiger partial charge in [-0.15, -0.1) is 0 Å². The van der Waals surface area contributed by atoms with E-state index in [2.05, 4.69) is 20.6 Å². The molecule has 1 aliphatic rings. The molecule has 0 radical (unpaired) electrons. The number of carbonyl (C=O) groups excluding carboxylic acids is 2. The summed E-state index contributed by atoms with van der Waals surface area (Å²) in [5.74, 6) is -0.821. The monoisotopic (exact) mass is 539 g/mol. The molecule has 2 amide bonds. The van der Waals surface area contributed by atoms with Crippen molar-refractivity contribution in [2.45, 2.75) is 6.18 Å². The number of morpholine rings is 1. The predicted molar refractivity (Wildman–Crippen MR) is 136 cm³/mol. The van der Waals surface area contributed by atoms with Crippen LogP contribution in [-0.4, -0.2) is 48.1 Å². The van der Waals surface area contributed by atoms with Crippen molar-refractivity contribution in [3.05, 3.63) is 89.4 Å². The number of ether oxygens (including phenoxy) is 1. The van der Waals surface area contributed by atoms with Gasteiger partial charge in [-0.25, -0.2) is 14.2 Å². The van der Waals surface area contributed by atoms with Gasteiger partial charge in [0.1, 0.15) is 11.6 Å². The van der Waals surface area contributed by atoms with E-state index in [1.54, 1.807) is 18.3 Å². The fourth-order valence-corrected chi connectivity index (χ4v) is 4.09. The van der Waals surface area contributed by atoms with Gasteiger partial charge >= 0.3 is 12.2 Å². The van der Waals surface area contributed by atoms with Crippen molar-refractivity contribution >= 4 is 40.0 Å². The molecule has 0 saturated carbocycles. The number of nitrogens with zero attached hydrogens (tertiary/aromatic N) is 3. The molecule has 1 fully saturated rings. The minimum atomic E-state index is -4.57. The van der Waals surface area contributed by atoms with Gasteiger partial charge in [0.05, 0.1) is 41.6 Å². The van der Waals surface area contributed by atoms with Crippen molar-refractivity contribution < 1.29 is 31.9 Å². The van der Waals surface area contributed by atoms with Gasteiger partial charge in [-0.05, 0) is 54.6 Å². The lowest BCUT2D eigenvalue weighted by Crippen LogP contribution is -2.36. The summed E-state index contributed by atoms with van der Waals surface area (Å²) in [5, 5.41) is 4.61. The first kappa shape index (κ1) is 26.0. The Morgan fingerprint density at radius 1 is 0.897 bits per heavy atom. The zero-order valence-electron chi connectivity index (χ0n) is 20.3. The Balaban J connectivity index is 1.30. The fourth-order valence-electron chi connectivity index (χ4n) is 4.09. The van der Waals surface area contributed by atoms with Crippen LogP contribution in [0.1, 0.15) is 21.5 Å². The Morgan fingerprint density at radius 3 is 2.36 bits per heavy atom. The van der Waals surface area contributed by atoms with Crippen LogP contribution in [0.25, 0.3) is 11.0 Å². The van der Waals surface area contributed by atoms with Crippen LogP contribution < -0.4 is 15.5 Å². The minimum absolute atomic E-state index is 0.00746. The van der Waals surface area contributed by atoms with Crippen molar-refractivity contribution in [2.75, 3.05) is 41.8 Å². The van der Waals surface area contributed by atoms with E-state index < -0.39 is 29.4 Å². The third-order valence-electron chi connectivity index (χ3n) is 6.05. The maximum absolute atomic E-state index is 14.9. The first-order valence-corrected chi connectivity index (χ1v) is 11.9. The Labute approximate surface area is 219 Å². The third-order valence-corrected chi connectivity index (χ3v) is 6.05. The Morgan fingerprint density at radius 2 is 1.64 bits per heavy atom. The standard InChI is InChI=1S/C27H21F4N5O3/c28-21-14-19(34-26(38)33-18-3-1-2-17(13-18)27(29,30)31)5-6-20(21)25(37)16-4-7-22-23(12-16)35-24(15-32-22)36-8-10-39-11-9-36/h1-7,12-15H,8-11H2,(H2,33,34,38). The quantitative estimate of drug-likeness (QED) is 0.257. The van der Waals surface area contributed by atoms with Crippen LogP contribution in [0, 0.1) is 5.82 Å². The molecule has 3 aromatic carbocycles. The van der Waals surface area contributed by atoms with E-state index in [0.29, 0.717) is 43.2 Å². The van der Waals surface area contributed by atoms with E-state index in [1.165, 1.54) is 24.3 Å². The van der Waals surface area contributed by atoms with Gasteiger partial charge < -0.3 is 20.3 Å². The average molecular weight is 539 g/mol. The lowest BCUT2D eigenvalue weighted by molar-refractivity contribution is -0.137. The molecule has 0 spiro atoms. The number of amides is 2. The first-order valence-electron chi connectivity index (χ1n) is 11.9. The number of rotatable bonds is 5. The van der Waals surface area contributed by atoms with Gasteiger partial charge in [0, 0.05) is 30.0 Å². The normalized spacial score (nSPS) is 13.8. The van der Waals surface area contributed by atoms with Crippen molar-refractivity contribution in [2.24, 2.45) is 0 Å². The summed E-state index contributed by atoms with van der Waals surface area (Å²) in [6.07, 6.45) is -2.91. The summed E-state index contributed by atoms with van der Waals surface area (Å²) in [7, 11) is 0. The van der Waals surface area contributed by atoms with E-state index in [4.69, 9.17) is 4.74 Å². The van der Waals surface area contributed by atoms with Crippen LogP contribution in [0.5, 0.6) is 0 Å². The molecule has 4 aromatic rings. The van der Waals surface area contributed by atoms with Gasteiger partial charge in [-0.1, -0.05) is 6.07 Å². The van der Waals surface area contributed by atoms with Gasteiger partial charge in [0.15, 0.2) is 5.78 Å². The van der Waals surface area contributed by atoms with Gasteiger partial charge in [0.25, 0.3) is 0 Å². The molecule has 2 heterocycles. The second-order valence-corrected chi connectivity index (χ2v) is 8.71. The molecule has 1 aromatic heterocycles. The van der Waals surface area contributed by atoms with Crippen molar-refractivity contribution in [3.63, 3.8) is 0 Å². The fraction of sp³-hybridized carbons (Fsp3) is 0.185. The lowest BCUT2D eigenvalue weighted by atomic mass is 10.0. The van der Waals surface area contributed by atoms with Crippen LogP contribution in [0.15, 0.2) is 66.9 Å². The van der Waals surface area contributed by atoms with Crippen molar-refractivity contribution in [1.29, 1.82) is 0 Å². The zero-order valence-corrected chi connectivity index (χ0v) is 20.3. The number of anilines is 3. The molecule has 1 aliphatic heterocycles. The van der Waals surface area contributed by atoms with Crippen LogP contribution in [0.2, 0.25) is 0 Å². The molecular formula is C27H21F4N5O3. The van der Waals surface area contributed by atoms with Gasteiger partial charge in [-0.2, -0.15) is 13.2 Å². The van der Waals surface area contributed by atoms with Crippen LogP contribution >= 0.6 is 0 Å². The minimum Gasteiger partial charge on any atom is -0.378 e. The number of hydrogen-bond donors (Lipinski definition) is 2. The molecule has 5 rings (SSSR count). The van der Waals surface area contributed by atoms with Crippen LogP contribution in [-0.2, 0) is 10.9 Å². The number of fused-ring (bicyclic) bond motifs is 1. The van der Waals surface area contributed by atoms with E-state index in [0.717, 1.165) is 24.3 Å². The molecule has 12 heteroatoms. The van der Waals surface area contributed by atoms with E-state index in [9.17, 15) is 27.2 Å². The highest BCUT2D eigenvalue weighted by atomic mass is 19.4. The van der Waals surface area contributed by atoms with E-state index in [-0.39, 0.29) is 22.5 Å². The second-order valence-electron chi connectivity index (χ2n) is 8.71. The number of hydrogen-bond acceptors (Lipinski definition) is 6. The molecule has 2 N–H and O–H groups in total. The number of alkyl halides is 3. The number of nitrogens with one attached hydrogen (secondary N) is 2. The highest BCUT2D eigenvalue weighted by Crippen LogP contribution is 2.30. The SMILES string of the molecule is O=C(Nc1cccc(C(F)(F)F)c1)Nc1ccc(C(=O)c2ccc3ncc(N4CCOCC4)nc3c2)c(F)c1. The molecule has 200 valence electrons. The molecule has 0 aliphatic carbocycles. The zero-order chi connectivity index (χ0) is 27.6. The summed E-state index contributed by atoms with van der Waals surface area (Å²) in [4.78, 5) is 36.4. The number of ketones is 1. The Kier molecular flexibility index (Phi) is 7.11. The van der Waals surface area contributed by atoms with Crippen molar-refractivity contribution in [1.82, 2.24) is 9.97 Å². The highest BCUT2D eigenvalue weighted by molar-refractivity contribution is 6.10. The van der Waals surface area contributed by atoms with E-state index in [1.807, 2.05) is 4.90 Å².